The van der Waals surface area contributed by atoms with E-state index in [-0.39, 0.29) is 0 Å². The van der Waals surface area contributed by atoms with Gasteiger partial charge < -0.3 is 0 Å². The number of fused-ring (bicyclic) bond motifs is 2. The fourth-order valence-corrected chi connectivity index (χ4v) is 2.37. The SMILES string of the molecule is B1CCC2CCC[C]1C2. The minimum atomic E-state index is 1.11. The summed E-state index contributed by atoms with van der Waals surface area (Å²) in [6.07, 6.45) is 9.03. The topological polar surface area (TPSA) is 0 Å². The van der Waals surface area contributed by atoms with E-state index < -0.39 is 0 Å². The molecule has 9 heavy (non-hydrogen) atoms. The predicted octanol–water partition coefficient (Wildman–Crippen LogP) is 1.97. The van der Waals surface area contributed by atoms with Crippen LogP contribution in [0.25, 0.3) is 0 Å². The monoisotopic (exact) mass is 121 g/mol. The maximum absolute atomic E-state index is 1.89. The van der Waals surface area contributed by atoms with Crippen molar-refractivity contribution in [2.75, 3.05) is 0 Å². The quantitative estimate of drug-likeness (QED) is 0.430. The molecule has 1 heteroatoms. The summed E-state index contributed by atoms with van der Waals surface area (Å²) < 4.78 is 0. The van der Waals surface area contributed by atoms with Crippen molar-refractivity contribution in [2.45, 2.75) is 38.4 Å². The molecule has 0 N–H and O–H groups in total. The molecule has 49 valence electrons. The molecule has 2 bridgehead atoms. The summed E-state index contributed by atoms with van der Waals surface area (Å²) in [4.78, 5) is 0. The largest absolute Gasteiger partial charge is 0.127 e. The summed E-state index contributed by atoms with van der Waals surface area (Å²) in [5.74, 6) is 3.00. The molecule has 0 spiro atoms. The van der Waals surface area contributed by atoms with E-state index in [1.165, 1.54) is 45.7 Å². The van der Waals surface area contributed by atoms with Crippen molar-refractivity contribution in [2.24, 2.45) is 5.92 Å². The van der Waals surface area contributed by atoms with E-state index in [1.54, 1.807) is 0 Å². The van der Waals surface area contributed by atoms with Gasteiger partial charge in [0.1, 0.15) is 7.28 Å². The molecule has 1 radical (unpaired) electrons. The van der Waals surface area contributed by atoms with E-state index in [9.17, 15) is 0 Å². The zero-order valence-electron chi connectivity index (χ0n) is 6.03. The molecular formula is C8H14B. The molecule has 1 heterocycles. The lowest BCUT2D eigenvalue weighted by Gasteiger charge is -2.33. The Labute approximate surface area is 58.3 Å². The summed E-state index contributed by atoms with van der Waals surface area (Å²) in [6, 6.07) is 0. The van der Waals surface area contributed by atoms with Crippen LogP contribution in [0.4, 0.5) is 0 Å². The minimum absolute atomic E-state index is 1.11. The molecule has 1 saturated heterocycles. The molecule has 1 saturated carbocycles. The van der Waals surface area contributed by atoms with E-state index >= 15 is 0 Å². The maximum atomic E-state index is 1.89. The Morgan fingerprint density at radius 2 is 2.33 bits per heavy atom. The molecule has 1 aliphatic heterocycles. The highest BCUT2D eigenvalue weighted by Crippen LogP contribution is 2.37. The second-order valence-electron chi connectivity index (χ2n) is 3.60. The lowest BCUT2D eigenvalue weighted by Crippen LogP contribution is -2.24. The summed E-state index contributed by atoms with van der Waals surface area (Å²) in [5, 5.41) is 0. The Morgan fingerprint density at radius 1 is 1.33 bits per heavy atom. The number of hydrogen-bond donors (Lipinski definition) is 0. The molecule has 0 aromatic carbocycles. The Bertz CT molecular complexity index is 80.7. The van der Waals surface area contributed by atoms with Gasteiger partial charge in [0.05, 0.1) is 0 Å². The van der Waals surface area contributed by atoms with Crippen molar-refractivity contribution in [1.82, 2.24) is 0 Å². The van der Waals surface area contributed by atoms with Crippen LogP contribution in [0.5, 0.6) is 0 Å². The first-order chi connectivity index (χ1) is 4.45. The van der Waals surface area contributed by atoms with E-state index in [0.29, 0.717) is 0 Å². The first-order valence-corrected chi connectivity index (χ1v) is 4.29. The Hall–Kier alpha value is 0.0649. The second-order valence-corrected chi connectivity index (χ2v) is 3.60. The van der Waals surface area contributed by atoms with Crippen molar-refractivity contribution < 1.29 is 0 Å². The molecule has 0 nitrogen and oxygen atoms in total. The van der Waals surface area contributed by atoms with Crippen LogP contribution in [0, 0.1) is 11.7 Å². The molecule has 1 unspecified atom stereocenters. The fraction of sp³-hybridized carbons (Fsp3) is 0.875. The van der Waals surface area contributed by atoms with Gasteiger partial charge in [-0.2, -0.15) is 0 Å². The van der Waals surface area contributed by atoms with Gasteiger partial charge in [-0.25, -0.2) is 0 Å². The third-order valence-electron chi connectivity index (χ3n) is 2.86. The van der Waals surface area contributed by atoms with E-state index in [0.717, 1.165) is 5.92 Å². The molecule has 1 aliphatic carbocycles. The van der Waals surface area contributed by atoms with E-state index in [1.807, 2.05) is 5.82 Å². The van der Waals surface area contributed by atoms with Crippen LogP contribution in [0.15, 0.2) is 0 Å². The predicted molar refractivity (Wildman–Crippen MR) is 41.8 cm³/mol. The summed E-state index contributed by atoms with van der Waals surface area (Å²) in [6.45, 7) is 0. The number of rotatable bonds is 0. The van der Waals surface area contributed by atoms with Gasteiger partial charge in [-0.3, -0.25) is 0 Å². The van der Waals surface area contributed by atoms with Crippen LogP contribution >= 0.6 is 0 Å². The highest BCUT2D eigenvalue weighted by molar-refractivity contribution is 6.43. The van der Waals surface area contributed by atoms with Gasteiger partial charge in [-0.1, -0.05) is 44.2 Å². The molecule has 2 rings (SSSR count). The molecule has 0 aromatic heterocycles. The van der Waals surface area contributed by atoms with Crippen molar-refractivity contribution in [3.05, 3.63) is 5.82 Å². The first kappa shape index (κ1) is 5.82. The van der Waals surface area contributed by atoms with Gasteiger partial charge in [-0.05, 0) is 5.92 Å². The van der Waals surface area contributed by atoms with Crippen LogP contribution in [-0.4, -0.2) is 7.28 Å². The number of hydrogen-bond acceptors (Lipinski definition) is 0. The van der Waals surface area contributed by atoms with Gasteiger partial charge in [0.2, 0.25) is 0 Å². The summed E-state index contributed by atoms with van der Waals surface area (Å²) in [5.41, 5.74) is 0. The van der Waals surface area contributed by atoms with Crippen LogP contribution in [0.3, 0.4) is 0 Å². The van der Waals surface area contributed by atoms with E-state index in [4.69, 9.17) is 0 Å². The Balaban J connectivity index is 1.96. The van der Waals surface area contributed by atoms with Gasteiger partial charge in [0.15, 0.2) is 0 Å². The third-order valence-corrected chi connectivity index (χ3v) is 2.86. The van der Waals surface area contributed by atoms with Crippen molar-refractivity contribution in [1.29, 1.82) is 0 Å². The molecule has 1 atom stereocenters. The lowest BCUT2D eigenvalue weighted by molar-refractivity contribution is 0.377. The average Bonchev–Trinajstić information content (AvgIpc) is 1.88. The van der Waals surface area contributed by atoms with Gasteiger partial charge >= 0.3 is 0 Å². The van der Waals surface area contributed by atoms with Crippen molar-refractivity contribution in [3.8, 4) is 0 Å². The molecular weight excluding hydrogens is 107 g/mol. The summed E-state index contributed by atoms with van der Waals surface area (Å²) >= 11 is 0. The van der Waals surface area contributed by atoms with Crippen LogP contribution < -0.4 is 0 Å². The van der Waals surface area contributed by atoms with Crippen LogP contribution in [0.2, 0.25) is 6.32 Å². The van der Waals surface area contributed by atoms with Crippen LogP contribution in [-0.2, 0) is 0 Å². The molecule has 0 amide bonds. The third kappa shape index (κ3) is 1.15. The normalized spacial score (nSPS) is 35.8. The molecule has 2 fully saturated rings. The maximum Gasteiger partial charge on any atom is 0.127 e. The smallest absolute Gasteiger partial charge is 0.0767 e. The fourth-order valence-electron chi connectivity index (χ4n) is 2.37. The highest BCUT2D eigenvalue weighted by atomic mass is 14.2. The average molecular weight is 121 g/mol. The van der Waals surface area contributed by atoms with Crippen LogP contribution in [0.1, 0.15) is 32.1 Å². The second kappa shape index (κ2) is 2.36. The molecule has 0 aromatic rings. The lowest BCUT2D eigenvalue weighted by atomic mass is 9.49. The Kier molecular flexibility index (Phi) is 1.53. The van der Waals surface area contributed by atoms with Gasteiger partial charge in [0, 0.05) is 0 Å². The van der Waals surface area contributed by atoms with Gasteiger partial charge in [0.25, 0.3) is 0 Å². The zero-order chi connectivity index (χ0) is 6.10. The van der Waals surface area contributed by atoms with E-state index in [2.05, 4.69) is 0 Å². The first-order valence-electron chi connectivity index (χ1n) is 4.29. The van der Waals surface area contributed by atoms with Gasteiger partial charge in [-0.15, -0.1) is 0 Å². The van der Waals surface area contributed by atoms with Crippen molar-refractivity contribution >= 4 is 7.28 Å². The Morgan fingerprint density at radius 3 is 3.11 bits per heavy atom. The zero-order valence-corrected chi connectivity index (χ0v) is 6.03. The minimum Gasteiger partial charge on any atom is -0.0767 e. The molecule has 2 aliphatic rings. The summed E-state index contributed by atoms with van der Waals surface area (Å²) in [7, 11) is 1.47. The van der Waals surface area contributed by atoms with Crippen molar-refractivity contribution in [3.63, 3.8) is 0 Å². The standard InChI is InChI=1S/C8H14B/c1-2-7-4-5-9-8(3-1)6-7/h7,9H,1-6H2. The highest BCUT2D eigenvalue weighted by Gasteiger charge is 2.26.